The van der Waals surface area contributed by atoms with Crippen LogP contribution < -0.4 is 15.0 Å². The maximum absolute atomic E-state index is 12.3. The Morgan fingerprint density at radius 2 is 2.03 bits per heavy atom. The van der Waals surface area contributed by atoms with Gasteiger partial charge in [0.1, 0.15) is 5.75 Å². The Morgan fingerprint density at radius 1 is 1.18 bits per heavy atom. The summed E-state index contributed by atoms with van der Waals surface area (Å²) >= 11 is 4.50. The van der Waals surface area contributed by atoms with E-state index in [1.165, 1.54) is 22.7 Å². The summed E-state index contributed by atoms with van der Waals surface area (Å²) in [5.74, 6) is 1.35. The number of ether oxygens (including phenoxy) is 1. The molecule has 7 nitrogen and oxygen atoms in total. The number of nitrogens with zero attached hydrogens (tertiary/aromatic N) is 4. The van der Waals surface area contributed by atoms with Crippen molar-refractivity contribution in [2.24, 2.45) is 0 Å². The van der Waals surface area contributed by atoms with Gasteiger partial charge in [0, 0.05) is 18.1 Å². The summed E-state index contributed by atoms with van der Waals surface area (Å²) in [4.78, 5) is 18.7. The van der Waals surface area contributed by atoms with E-state index in [2.05, 4.69) is 20.5 Å². The third-order valence-electron chi connectivity index (χ3n) is 4.48. The molecule has 4 aromatic rings. The number of aromatic nitrogens is 3. The molecule has 0 saturated heterocycles. The van der Waals surface area contributed by atoms with Crippen LogP contribution in [0.5, 0.6) is 5.75 Å². The van der Waals surface area contributed by atoms with Gasteiger partial charge in [0.2, 0.25) is 11.0 Å². The first kappa shape index (κ1) is 23.2. The maximum Gasteiger partial charge on any atom is 0.230 e. The summed E-state index contributed by atoms with van der Waals surface area (Å²) in [5, 5.41) is 15.1. The van der Waals surface area contributed by atoms with Crippen LogP contribution in [0, 0.1) is 6.92 Å². The molecular weight excluding hydrogens is 474 g/mol. The number of benzene rings is 2. The van der Waals surface area contributed by atoms with Crippen molar-refractivity contribution in [3.8, 4) is 5.75 Å². The molecule has 4 rings (SSSR count). The number of para-hydroxylation sites is 2. The molecule has 0 spiro atoms. The van der Waals surface area contributed by atoms with Gasteiger partial charge in [0.05, 0.1) is 23.7 Å². The average Bonchev–Trinajstić information content (AvgIpc) is 3.43. The van der Waals surface area contributed by atoms with Gasteiger partial charge in [-0.05, 0) is 43.7 Å². The first-order chi connectivity index (χ1) is 16.0. The van der Waals surface area contributed by atoms with Crippen LogP contribution in [-0.4, -0.2) is 27.7 Å². The highest BCUT2D eigenvalue weighted by molar-refractivity contribution is 8.00. The molecular formula is C23H23N5O2S3. The van der Waals surface area contributed by atoms with E-state index in [1.807, 2.05) is 67.8 Å². The summed E-state index contributed by atoms with van der Waals surface area (Å²) in [5.41, 5.74) is 3.67. The number of hydrogen-bond donors (Lipinski definition) is 1. The van der Waals surface area contributed by atoms with Crippen LogP contribution in [0.25, 0.3) is 0 Å². The fourth-order valence-electron chi connectivity index (χ4n) is 3.08. The molecule has 2 aromatic carbocycles. The number of thioether (sulfide) groups is 1. The van der Waals surface area contributed by atoms with Crippen molar-refractivity contribution >= 4 is 62.0 Å². The number of amides is 1. The van der Waals surface area contributed by atoms with Crippen LogP contribution in [-0.2, 0) is 10.5 Å². The minimum Gasteiger partial charge on any atom is -0.492 e. The minimum absolute atomic E-state index is 0.0682. The van der Waals surface area contributed by atoms with E-state index in [9.17, 15) is 4.79 Å². The van der Waals surface area contributed by atoms with E-state index in [0.717, 1.165) is 32.7 Å². The zero-order valence-corrected chi connectivity index (χ0v) is 20.9. The van der Waals surface area contributed by atoms with Crippen molar-refractivity contribution in [2.75, 3.05) is 16.8 Å². The molecule has 170 valence electrons. The number of hydrogen-bond acceptors (Lipinski definition) is 9. The Kier molecular flexibility index (Phi) is 7.58. The fraction of sp³-hybridized carbons (Fsp3) is 0.217. The van der Waals surface area contributed by atoms with Crippen molar-refractivity contribution in [1.82, 2.24) is 15.2 Å². The molecule has 0 aliphatic heterocycles. The highest BCUT2D eigenvalue weighted by Gasteiger charge is 2.18. The Morgan fingerprint density at radius 3 is 2.82 bits per heavy atom. The van der Waals surface area contributed by atoms with Gasteiger partial charge in [-0.1, -0.05) is 47.4 Å². The average molecular weight is 498 g/mol. The highest BCUT2D eigenvalue weighted by Crippen LogP contribution is 2.34. The number of nitrogens with one attached hydrogen (secondary N) is 1. The second kappa shape index (κ2) is 10.8. The van der Waals surface area contributed by atoms with Crippen LogP contribution in [0.2, 0.25) is 0 Å². The number of anilines is 4. The molecule has 2 heterocycles. The molecule has 1 N–H and O–H groups in total. The summed E-state index contributed by atoms with van der Waals surface area (Å²) in [6, 6.07) is 15.6. The second-order valence-electron chi connectivity index (χ2n) is 7.03. The van der Waals surface area contributed by atoms with Crippen LogP contribution in [0.4, 0.5) is 21.6 Å². The van der Waals surface area contributed by atoms with Gasteiger partial charge >= 0.3 is 0 Å². The van der Waals surface area contributed by atoms with Crippen molar-refractivity contribution in [3.63, 3.8) is 0 Å². The van der Waals surface area contributed by atoms with Gasteiger partial charge in [-0.25, -0.2) is 4.98 Å². The molecule has 10 heteroatoms. The fourth-order valence-corrected chi connectivity index (χ4v) is 5.73. The van der Waals surface area contributed by atoms with E-state index in [0.29, 0.717) is 22.6 Å². The van der Waals surface area contributed by atoms with Crippen LogP contribution >= 0.6 is 34.4 Å². The third-order valence-corrected chi connectivity index (χ3v) is 7.36. The summed E-state index contributed by atoms with van der Waals surface area (Å²) in [6.45, 7) is 6.11. The zero-order valence-electron chi connectivity index (χ0n) is 18.4. The molecule has 0 bridgehead atoms. The van der Waals surface area contributed by atoms with Gasteiger partial charge in [-0.3, -0.25) is 9.69 Å². The molecule has 0 saturated carbocycles. The third kappa shape index (κ3) is 5.89. The first-order valence-electron chi connectivity index (χ1n) is 10.3. The van der Waals surface area contributed by atoms with E-state index in [-0.39, 0.29) is 5.91 Å². The highest BCUT2D eigenvalue weighted by atomic mass is 32.2. The van der Waals surface area contributed by atoms with Crippen molar-refractivity contribution in [1.29, 1.82) is 0 Å². The SMILES string of the molecule is CCOc1ccccc1Nc1nnc(SCc2csc(N(C(C)=O)c3cccc(C)c3)n2)s1. The Bertz CT molecular complexity index is 1240. The smallest absolute Gasteiger partial charge is 0.230 e. The summed E-state index contributed by atoms with van der Waals surface area (Å²) in [6.07, 6.45) is 0. The number of rotatable bonds is 9. The number of carbonyl (C=O) groups is 1. The lowest BCUT2D eigenvalue weighted by atomic mass is 10.2. The van der Waals surface area contributed by atoms with Gasteiger partial charge in [0.25, 0.3) is 0 Å². The van der Waals surface area contributed by atoms with Crippen LogP contribution in [0.3, 0.4) is 0 Å². The summed E-state index contributed by atoms with van der Waals surface area (Å²) < 4.78 is 6.49. The van der Waals surface area contributed by atoms with Gasteiger partial charge in [0.15, 0.2) is 9.47 Å². The number of aryl methyl sites for hydroxylation is 1. The van der Waals surface area contributed by atoms with E-state index >= 15 is 0 Å². The lowest BCUT2D eigenvalue weighted by molar-refractivity contribution is -0.115. The van der Waals surface area contributed by atoms with Crippen LogP contribution in [0.1, 0.15) is 25.1 Å². The lowest BCUT2D eigenvalue weighted by Gasteiger charge is -2.18. The lowest BCUT2D eigenvalue weighted by Crippen LogP contribution is -2.22. The monoisotopic (exact) mass is 497 g/mol. The molecule has 0 aliphatic carbocycles. The Labute approximate surface area is 204 Å². The molecule has 0 aliphatic rings. The quantitative estimate of drug-likeness (QED) is 0.267. The van der Waals surface area contributed by atoms with E-state index < -0.39 is 0 Å². The van der Waals surface area contributed by atoms with E-state index in [4.69, 9.17) is 4.74 Å². The predicted molar refractivity (Wildman–Crippen MR) is 136 cm³/mol. The number of carbonyl (C=O) groups excluding carboxylic acids is 1. The largest absolute Gasteiger partial charge is 0.492 e. The molecule has 0 fully saturated rings. The van der Waals surface area contributed by atoms with Crippen LogP contribution in [0.15, 0.2) is 58.3 Å². The minimum atomic E-state index is -0.0682. The molecule has 1 amide bonds. The van der Waals surface area contributed by atoms with Gasteiger partial charge in [-0.15, -0.1) is 21.5 Å². The Hall–Kier alpha value is -2.95. The summed E-state index contributed by atoms with van der Waals surface area (Å²) in [7, 11) is 0. The van der Waals surface area contributed by atoms with Gasteiger partial charge < -0.3 is 10.1 Å². The zero-order chi connectivity index (χ0) is 23.2. The molecule has 2 aromatic heterocycles. The maximum atomic E-state index is 12.3. The van der Waals surface area contributed by atoms with Gasteiger partial charge in [-0.2, -0.15) is 0 Å². The molecule has 0 radical (unpaired) electrons. The molecule has 0 unspecified atom stereocenters. The standard InChI is InChI=1S/C23H23N5O2S3/c1-4-30-20-11-6-5-10-19(20)25-21-26-27-23(33-21)32-14-17-13-31-22(24-17)28(16(3)29)18-9-7-8-15(2)12-18/h5-13H,4,14H2,1-3H3,(H,25,26). The topological polar surface area (TPSA) is 80.2 Å². The molecule has 0 atom stereocenters. The number of thiazole rings is 1. The normalized spacial score (nSPS) is 10.8. The molecule has 33 heavy (non-hydrogen) atoms. The van der Waals surface area contributed by atoms with Crippen molar-refractivity contribution in [2.45, 2.75) is 30.9 Å². The van der Waals surface area contributed by atoms with E-state index in [1.54, 1.807) is 23.6 Å². The predicted octanol–water partition coefficient (Wildman–Crippen LogP) is 6.42. The van der Waals surface area contributed by atoms with Crippen molar-refractivity contribution in [3.05, 3.63) is 65.2 Å². The second-order valence-corrected chi connectivity index (χ2v) is 10.1. The first-order valence-corrected chi connectivity index (χ1v) is 13.0. The van der Waals surface area contributed by atoms with Crippen molar-refractivity contribution < 1.29 is 9.53 Å². The Balaban J connectivity index is 1.41.